The van der Waals surface area contributed by atoms with E-state index in [2.05, 4.69) is 27.3 Å². The number of carbonyl (C=O) groups excluding carboxylic acids is 1. The average Bonchev–Trinajstić information content (AvgIpc) is 2.93. The maximum atomic E-state index is 11.6. The fourth-order valence-corrected chi connectivity index (χ4v) is 2.92. The van der Waals surface area contributed by atoms with Gasteiger partial charge in [-0.05, 0) is 13.3 Å². The number of rotatable bonds is 6. The SMILES string of the molecule is CCCNc1nnc(CN2CCN(C(=O)OCC)CC2)s1. The molecule has 0 radical (unpaired) electrons. The molecule has 2 heterocycles. The molecule has 1 aliphatic rings. The predicted molar refractivity (Wildman–Crippen MR) is 82.6 cm³/mol. The summed E-state index contributed by atoms with van der Waals surface area (Å²) in [5.74, 6) is 0. The van der Waals surface area contributed by atoms with Crippen LogP contribution in [0.4, 0.5) is 9.93 Å². The van der Waals surface area contributed by atoms with Crippen LogP contribution < -0.4 is 5.32 Å². The maximum absolute atomic E-state index is 11.6. The van der Waals surface area contributed by atoms with Gasteiger partial charge in [0.2, 0.25) is 5.13 Å². The third kappa shape index (κ3) is 4.82. The third-order valence-corrected chi connectivity index (χ3v) is 4.12. The minimum Gasteiger partial charge on any atom is -0.450 e. The molecule has 0 aromatic carbocycles. The Bertz CT molecular complexity index is 446. The lowest BCUT2D eigenvalue weighted by atomic mass is 10.3. The quantitative estimate of drug-likeness (QED) is 0.861. The van der Waals surface area contributed by atoms with E-state index in [1.54, 1.807) is 16.2 Å². The molecule has 0 bridgehead atoms. The molecule has 0 atom stereocenters. The van der Waals surface area contributed by atoms with Crippen LogP contribution in [0.3, 0.4) is 0 Å². The van der Waals surface area contributed by atoms with Gasteiger partial charge in [0, 0.05) is 32.7 Å². The monoisotopic (exact) mass is 313 g/mol. The van der Waals surface area contributed by atoms with Gasteiger partial charge in [-0.1, -0.05) is 18.3 Å². The topological polar surface area (TPSA) is 70.6 Å². The van der Waals surface area contributed by atoms with Crippen molar-refractivity contribution in [1.29, 1.82) is 0 Å². The molecule has 2 rings (SSSR count). The van der Waals surface area contributed by atoms with Crippen LogP contribution in [0.1, 0.15) is 25.3 Å². The van der Waals surface area contributed by atoms with Crippen LogP contribution >= 0.6 is 11.3 Å². The number of amides is 1. The highest BCUT2D eigenvalue weighted by Crippen LogP contribution is 2.17. The highest BCUT2D eigenvalue weighted by Gasteiger charge is 2.22. The lowest BCUT2D eigenvalue weighted by Crippen LogP contribution is -2.48. The lowest BCUT2D eigenvalue weighted by molar-refractivity contribution is 0.0778. The van der Waals surface area contributed by atoms with Crippen LogP contribution in [-0.2, 0) is 11.3 Å². The number of anilines is 1. The number of hydrogen-bond acceptors (Lipinski definition) is 7. The minimum absolute atomic E-state index is 0.209. The average molecular weight is 313 g/mol. The van der Waals surface area contributed by atoms with Crippen LogP contribution in [0.2, 0.25) is 0 Å². The Morgan fingerprint density at radius 2 is 2.05 bits per heavy atom. The summed E-state index contributed by atoms with van der Waals surface area (Å²) >= 11 is 1.60. The Labute approximate surface area is 129 Å². The number of piperazine rings is 1. The van der Waals surface area contributed by atoms with E-state index >= 15 is 0 Å². The van der Waals surface area contributed by atoms with E-state index in [1.165, 1.54) is 0 Å². The van der Waals surface area contributed by atoms with E-state index in [0.717, 1.165) is 42.7 Å². The van der Waals surface area contributed by atoms with Crippen molar-refractivity contribution >= 4 is 22.6 Å². The van der Waals surface area contributed by atoms with Crippen LogP contribution in [0.5, 0.6) is 0 Å². The molecular weight excluding hydrogens is 290 g/mol. The van der Waals surface area contributed by atoms with E-state index in [9.17, 15) is 4.79 Å². The summed E-state index contributed by atoms with van der Waals surface area (Å²) in [6, 6.07) is 0. The molecule has 1 fully saturated rings. The van der Waals surface area contributed by atoms with E-state index in [-0.39, 0.29) is 6.09 Å². The largest absolute Gasteiger partial charge is 0.450 e. The van der Waals surface area contributed by atoms with Crippen molar-refractivity contribution in [2.45, 2.75) is 26.8 Å². The van der Waals surface area contributed by atoms with Gasteiger partial charge in [0.1, 0.15) is 5.01 Å². The molecule has 21 heavy (non-hydrogen) atoms. The van der Waals surface area contributed by atoms with E-state index in [4.69, 9.17) is 4.74 Å². The fourth-order valence-electron chi connectivity index (χ4n) is 2.12. The maximum Gasteiger partial charge on any atom is 0.409 e. The van der Waals surface area contributed by atoms with Gasteiger partial charge in [-0.15, -0.1) is 10.2 Å². The van der Waals surface area contributed by atoms with Gasteiger partial charge in [0.05, 0.1) is 13.2 Å². The zero-order valence-corrected chi connectivity index (χ0v) is 13.5. The summed E-state index contributed by atoms with van der Waals surface area (Å²) in [6.45, 7) is 9.20. The molecule has 0 aliphatic carbocycles. The summed E-state index contributed by atoms with van der Waals surface area (Å²) in [5.41, 5.74) is 0. The van der Waals surface area contributed by atoms with Gasteiger partial charge in [-0.25, -0.2) is 4.79 Å². The van der Waals surface area contributed by atoms with Gasteiger partial charge < -0.3 is 15.0 Å². The summed E-state index contributed by atoms with van der Waals surface area (Å²) in [7, 11) is 0. The number of ether oxygens (including phenoxy) is 1. The molecule has 8 heteroatoms. The Hall–Kier alpha value is -1.41. The zero-order chi connectivity index (χ0) is 15.1. The second-order valence-corrected chi connectivity index (χ2v) is 5.95. The summed E-state index contributed by atoms with van der Waals surface area (Å²) in [4.78, 5) is 15.7. The van der Waals surface area contributed by atoms with E-state index in [1.807, 2.05) is 6.92 Å². The van der Waals surface area contributed by atoms with Crippen LogP contribution in [0.15, 0.2) is 0 Å². The Balaban J connectivity index is 1.75. The molecule has 118 valence electrons. The van der Waals surface area contributed by atoms with Crippen LogP contribution in [0.25, 0.3) is 0 Å². The molecule has 1 aliphatic heterocycles. The van der Waals surface area contributed by atoms with Gasteiger partial charge in [-0.3, -0.25) is 4.90 Å². The van der Waals surface area contributed by atoms with Crippen molar-refractivity contribution in [1.82, 2.24) is 20.0 Å². The molecule has 1 saturated heterocycles. The van der Waals surface area contributed by atoms with Crippen molar-refractivity contribution in [3.8, 4) is 0 Å². The molecule has 0 saturated carbocycles. The van der Waals surface area contributed by atoms with Crippen molar-refractivity contribution in [3.05, 3.63) is 5.01 Å². The Morgan fingerprint density at radius 1 is 1.29 bits per heavy atom. The Kier molecular flexibility index (Phi) is 6.19. The van der Waals surface area contributed by atoms with Crippen molar-refractivity contribution < 1.29 is 9.53 Å². The zero-order valence-electron chi connectivity index (χ0n) is 12.7. The fraction of sp³-hybridized carbons (Fsp3) is 0.769. The van der Waals surface area contributed by atoms with E-state index < -0.39 is 0 Å². The first-order chi connectivity index (χ1) is 10.2. The van der Waals surface area contributed by atoms with Crippen LogP contribution in [-0.4, -0.2) is 65.4 Å². The normalized spacial score (nSPS) is 16.0. The Morgan fingerprint density at radius 3 is 2.71 bits per heavy atom. The second kappa shape index (κ2) is 8.14. The van der Waals surface area contributed by atoms with Crippen molar-refractivity contribution in [2.24, 2.45) is 0 Å². The van der Waals surface area contributed by atoms with Gasteiger partial charge in [-0.2, -0.15) is 0 Å². The summed E-state index contributed by atoms with van der Waals surface area (Å²) in [6.07, 6.45) is 0.865. The predicted octanol–water partition coefficient (Wildman–Crippen LogP) is 1.63. The molecular formula is C13H23N5O2S. The van der Waals surface area contributed by atoms with Crippen LogP contribution in [0, 0.1) is 0 Å². The van der Waals surface area contributed by atoms with Crippen molar-refractivity contribution in [3.63, 3.8) is 0 Å². The first-order valence-corrected chi connectivity index (χ1v) is 8.24. The summed E-state index contributed by atoms with van der Waals surface area (Å²) < 4.78 is 5.02. The standard InChI is InChI=1S/C13H23N5O2S/c1-3-5-14-12-16-15-11(21-12)10-17-6-8-18(9-7-17)13(19)20-4-2/h3-10H2,1-2H3,(H,14,16). The molecule has 1 N–H and O–H groups in total. The van der Waals surface area contributed by atoms with Crippen molar-refractivity contribution in [2.75, 3.05) is 44.6 Å². The highest BCUT2D eigenvalue weighted by atomic mass is 32.1. The molecule has 1 amide bonds. The van der Waals surface area contributed by atoms with Gasteiger partial charge in [0.25, 0.3) is 0 Å². The number of hydrogen-bond donors (Lipinski definition) is 1. The van der Waals surface area contributed by atoms with Gasteiger partial charge in [0.15, 0.2) is 0 Å². The van der Waals surface area contributed by atoms with E-state index in [0.29, 0.717) is 19.7 Å². The highest BCUT2D eigenvalue weighted by molar-refractivity contribution is 7.15. The molecule has 0 spiro atoms. The number of nitrogens with zero attached hydrogens (tertiary/aromatic N) is 4. The summed E-state index contributed by atoms with van der Waals surface area (Å²) in [5, 5.41) is 13.5. The smallest absolute Gasteiger partial charge is 0.409 e. The molecule has 0 unspecified atom stereocenters. The first kappa shape index (κ1) is 16.0. The molecule has 1 aromatic heterocycles. The number of nitrogens with one attached hydrogen (secondary N) is 1. The molecule has 1 aromatic rings. The third-order valence-electron chi connectivity index (χ3n) is 3.25. The number of carbonyl (C=O) groups is 1. The number of aromatic nitrogens is 2. The minimum atomic E-state index is -0.209. The van der Waals surface area contributed by atoms with Gasteiger partial charge >= 0.3 is 6.09 Å². The first-order valence-electron chi connectivity index (χ1n) is 7.43. The molecule has 7 nitrogen and oxygen atoms in total. The second-order valence-electron chi connectivity index (χ2n) is 4.89. The lowest BCUT2D eigenvalue weighted by Gasteiger charge is -2.33.